The van der Waals surface area contributed by atoms with Gasteiger partial charge in [0.1, 0.15) is 17.8 Å². The van der Waals surface area contributed by atoms with Gasteiger partial charge in [-0.15, -0.1) is 0 Å². The molecule has 0 saturated carbocycles. The van der Waals surface area contributed by atoms with E-state index in [0.717, 1.165) is 16.5 Å². The second-order valence-corrected chi connectivity index (χ2v) is 8.78. The number of amides is 2. The van der Waals surface area contributed by atoms with Gasteiger partial charge >= 0.3 is 5.97 Å². The summed E-state index contributed by atoms with van der Waals surface area (Å²) < 4.78 is 0. The van der Waals surface area contributed by atoms with Gasteiger partial charge in [0.15, 0.2) is 0 Å². The molecule has 0 aliphatic rings. The number of aromatic hydroxyl groups is 1. The fourth-order valence-electron chi connectivity index (χ4n) is 4.07. The monoisotopic (exact) mass is 504 g/mol. The normalized spacial score (nSPS) is 13.5. The number of aromatic amines is 2. The summed E-state index contributed by atoms with van der Waals surface area (Å²) in [4.78, 5) is 48.1. The smallest absolute Gasteiger partial charge is 0.326 e. The van der Waals surface area contributed by atoms with Gasteiger partial charge in [0.2, 0.25) is 11.8 Å². The van der Waals surface area contributed by atoms with Crippen LogP contribution >= 0.6 is 0 Å². The number of phenolic OH excluding ortho intramolecular Hbond substituents is 1. The van der Waals surface area contributed by atoms with Crippen molar-refractivity contribution in [3.05, 3.63) is 84.1 Å². The number of carboxylic acids is 1. The van der Waals surface area contributed by atoms with Gasteiger partial charge in [0, 0.05) is 48.3 Å². The Kier molecular flexibility index (Phi) is 7.84. The van der Waals surface area contributed by atoms with Gasteiger partial charge in [0.25, 0.3) is 0 Å². The Bertz CT molecular complexity index is 1370. The zero-order valence-corrected chi connectivity index (χ0v) is 19.8. The number of nitrogens with two attached hydrogens (primary N) is 1. The summed E-state index contributed by atoms with van der Waals surface area (Å²) in [6.07, 6.45) is 5.09. The number of nitrogens with zero attached hydrogens (tertiary/aromatic N) is 1. The minimum atomic E-state index is -1.25. The van der Waals surface area contributed by atoms with Crippen LogP contribution in [0.4, 0.5) is 0 Å². The first-order valence-corrected chi connectivity index (χ1v) is 11.7. The third-order valence-corrected chi connectivity index (χ3v) is 6.05. The van der Waals surface area contributed by atoms with E-state index in [1.165, 1.54) is 18.5 Å². The van der Waals surface area contributed by atoms with Crippen molar-refractivity contribution in [3.63, 3.8) is 0 Å². The van der Waals surface area contributed by atoms with Crippen molar-refractivity contribution < 1.29 is 24.6 Å². The Morgan fingerprint density at radius 3 is 2.35 bits per heavy atom. The van der Waals surface area contributed by atoms with Gasteiger partial charge in [-0.05, 0) is 29.3 Å². The van der Waals surface area contributed by atoms with E-state index in [1.807, 2.05) is 24.3 Å². The molecule has 192 valence electrons. The lowest BCUT2D eigenvalue weighted by molar-refractivity contribution is -0.142. The number of fused-ring (bicyclic) bond motifs is 1. The number of aliphatic carboxylic acids is 1. The average Bonchev–Trinajstić information content (AvgIpc) is 3.54. The van der Waals surface area contributed by atoms with Crippen molar-refractivity contribution in [3.8, 4) is 5.75 Å². The summed E-state index contributed by atoms with van der Waals surface area (Å²) in [5.74, 6) is -2.39. The Balaban J connectivity index is 1.53. The van der Waals surface area contributed by atoms with Gasteiger partial charge in [0.05, 0.1) is 12.4 Å². The molecule has 0 unspecified atom stereocenters. The summed E-state index contributed by atoms with van der Waals surface area (Å²) >= 11 is 0. The summed E-state index contributed by atoms with van der Waals surface area (Å²) in [7, 11) is 0. The summed E-state index contributed by atoms with van der Waals surface area (Å²) in [6, 6.07) is 10.3. The van der Waals surface area contributed by atoms with Gasteiger partial charge in [-0.25, -0.2) is 9.78 Å². The van der Waals surface area contributed by atoms with Crippen LogP contribution in [0.3, 0.4) is 0 Å². The van der Waals surface area contributed by atoms with E-state index in [1.54, 1.807) is 24.5 Å². The molecule has 11 heteroatoms. The topological polar surface area (TPSA) is 186 Å². The number of para-hydroxylation sites is 1. The quantitative estimate of drug-likeness (QED) is 0.159. The number of phenols is 1. The van der Waals surface area contributed by atoms with Crippen molar-refractivity contribution in [2.75, 3.05) is 0 Å². The molecule has 37 heavy (non-hydrogen) atoms. The number of H-pyrrole nitrogens is 2. The molecule has 0 aliphatic carbocycles. The Morgan fingerprint density at radius 2 is 1.65 bits per heavy atom. The van der Waals surface area contributed by atoms with Crippen LogP contribution in [0.25, 0.3) is 10.9 Å². The fraction of sp³-hybridized carbons (Fsp3) is 0.231. The fourth-order valence-corrected chi connectivity index (χ4v) is 4.07. The molecule has 0 bridgehead atoms. The van der Waals surface area contributed by atoms with E-state index in [9.17, 15) is 24.6 Å². The predicted molar refractivity (Wildman–Crippen MR) is 136 cm³/mol. The molecular formula is C26H28N6O5. The Labute approximate surface area is 212 Å². The maximum atomic E-state index is 13.3. The molecule has 3 atom stereocenters. The first-order valence-electron chi connectivity index (χ1n) is 11.7. The highest BCUT2D eigenvalue weighted by Gasteiger charge is 2.29. The van der Waals surface area contributed by atoms with Crippen LogP contribution < -0.4 is 16.4 Å². The van der Waals surface area contributed by atoms with Gasteiger partial charge < -0.3 is 36.5 Å². The largest absolute Gasteiger partial charge is 0.508 e. The van der Waals surface area contributed by atoms with E-state index in [-0.39, 0.29) is 25.0 Å². The number of carboxylic acid groups (broad SMARTS) is 1. The average molecular weight is 505 g/mol. The van der Waals surface area contributed by atoms with Crippen LogP contribution in [-0.2, 0) is 33.6 Å². The molecular weight excluding hydrogens is 476 g/mol. The molecule has 8 N–H and O–H groups in total. The third kappa shape index (κ3) is 6.53. The molecule has 0 fully saturated rings. The SMILES string of the molecule is N[C@@H](Cc1cnc[nH]1)C(=O)N[C@@H](Cc1c[nH]c2ccccc12)C(=O)N[C@@H](Cc1ccc(O)cc1)C(=O)O. The maximum absolute atomic E-state index is 13.3. The minimum Gasteiger partial charge on any atom is -0.508 e. The molecule has 4 rings (SSSR count). The van der Waals surface area contributed by atoms with E-state index in [2.05, 4.69) is 25.6 Å². The van der Waals surface area contributed by atoms with E-state index >= 15 is 0 Å². The van der Waals surface area contributed by atoms with E-state index in [4.69, 9.17) is 5.73 Å². The first-order chi connectivity index (χ1) is 17.8. The van der Waals surface area contributed by atoms with Crippen molar-refractivity contribution in [1.82, 2.24) is 25.6 Å². The van der Waals surface area contributed by atoms with Gasteiger partial charge in [-0.2, -0.15) is 0 Å². The zero-order valence-electron chi connectivity index (χ0n) is 19.8. The third-order valence-electron chi connectivity index (χ3n) is 6.05. The molecule has 4 aromatic rings. The highest BCUT2D eigenvalue weighted by Crippen LogP contribution is 2.19. The number of hydrogen-bond acceptors (Lipinski definition) is 6. The van der Waals surface area contributed by atoms with Crippen LogP contribution in [0.2, 0.25) is 0 Å². The van der Waals surface area contributed by atoms with Crippen LogP contribution in [0.1, 0.15) is 16.8 Å². The molecule has 2 heterocycles. The highest BCUT2D eigenvalue weighted by atomic mass is 16.4. The number of imidazole rings is 1. The van der Waals surface area contributed by atoms with Crippen molar-refractivity contribution in [2.24, 2.45) is 5.73 Å². The molecule has 2 aromatic carbocycles. The second kappa shape index (κ2) is 11.4. The lowest BCUT2D eigenvalue weighted by atomic mass is 10.0. The number of nitrogens with one attached hydrogen (secondary N) is 4. The second-order valence-electron chi connectivity index (χ2n) is 8.78. The first kappa shape index (κ1) is 25.5. The highest BCUT2D eigenvalue weighted by molar-refractivity contribution is 5.93. The van der Waals surface area contributed by atoms with Crippen LogP contribution in [0.5, 0.6) is 5.75 Å². The van der Waals surface area contributed by atoms with Gasteiger partial charge in [-0.1, -0.05) is 30.3 Å². The maximum Gasteiger partial charge on any atom is 0.326 e. The van der Waals surface area contributed by atoms with Crippen molar-refractivity contribution in [1.29, 1.82) is 0 Å². The Hall–Kier alpha value is -4.64. The number of carbonyl (C=O) groups is 3. The number of hydrogen-bond donors (Lipinski definition) is 7. The van der Waals surface area contributed by atoms with Crippen molar-refractivity contribution in [2.45, 2.75) is 37.4 Å². The number of aromatic nitrogens is 3. The predicted octanol–water partition coefficient (Wildman–Crippen LogP) is 1.01. The van der Waals surface area contributed by atoms with Crippen LogP contribution in [0.15, 0.2) is 67.3 Å². The van der Waals surface area contributed by atoms with E-state index in [0.29, 0.717) is 11.3 Å². The molecule has 0 aliphatic heterocycles. The number of benzene rings is 2. The molecule has 0 radical (unpaired) electrons. The zero-order chi connectivity index (χ0) is 26.4. The summed E-state index contributed by atoms with van der Waals surface area (Å²) in [5, 5.41) is 25.4. The lowest BCUT2D eigenvalue weighted by Gasteiger charge is -2.23. The van der Waals surface area contributed by atoms with Crippen molar-refractivity contribution >= 4 is 28.7 Å². The van der Waals surface area contributed by atoms with Crippen LogP contribution in [-0.4, -0.2) is 61.1 Å². The van der Waals surface area contributed by atoms with E-state index < -0.39 is 35.9 Å². The minimum absolute atomic E-state index is 0.00551. The summed E-state index contributed by atoms with van der Waals surface area (Å²) in [6.45, 7) is 0. The summed E-state index contributed by atoms with van der Waals surface area (Å²) in [5.41, 5.74) is 9.01. The standard InChI is InChI=1S/C26H28N6O5/c27-20(11-17-13-28-14-30-17)24(34)31-22(10-16-12-29-21-4-2-1-3-19(16)21)25(35)32-23(26(36)37)9-15-5-7-18(33)8-6-15/h1-8,12-14,20,22-23,29,33H,9-11,27H2,(H,28,30)(H,31,34)(H,32,35)(H,36,37)/t20-,22-,23-/m0/s1. The molecule has 0 spiro atoms. The van der Waals surface area contributed by atoms with Gasteiger partial charge in [-0.3, -0.25) is 9.59 Å². The number of carbonyl (C=O) groups excluding carboxylic acids is 2. The van der Waals surface area contributed by atoms with Crippen LogP contribution in [0, 0.1) is 0 Å². The molecule has 0 saturated heterocycles. The number of rotatable bonds is 11. The molecule has 11 nitrogen and oxygen atoms in total. The molecule has 2 aromatic heterocycles. The molecule has 2 amide bonds. The lowest BCUT2D eigenvalue weighted by Crippen LogP contribution is -2.55. The Morgan fingerprint density at radius 1 is 0.919 bits per heavy atom.